The molecule has 1 aromatic rings. The van der Waals surface area contributed by atoms with Crippen molar-refractivity contribution in [2.24, 2.45) is 0 Å². The average molecular weight is 270 g/mol. The minimum atomic E-state index is -0.706. The molecule has 19 heavy (non-hydrogen) atoms. The lowest BCUT2D eigenvalue weighted by atomic mass is 10.1. The quantitative estimate of drug-likeness (QED) is 0.843. The van der Waals surface area contributed by atoms with Gasteiger partial charge >= 0.3 is 0 Å². The Hall–Kier alpha value is -1.53. The summed E-state index contributed by atoms with van der Waals surface area (Å²) in [6.45, 7) is 1.29. The first-order chi connectivity index (χ1) is 9.10. The molecule has 1 aliphatic rings. The predicted molar refractivity (Wildman–Crippen MR) is 65.7 cm³/mol. The average Bonchev–Trinajstić information content (AvgIpc) is 2.80. The third-order valence-electron chi connectivity index (χ3n) is 3.17. The van der Waals surface area contributed by atoms with Gasteiger partial charge in [0.2, 0.25) is 5.91 Å². The molecular weight excluding hydrogens is 254 g/mol. The topological polar surface area (TPSA) is 50.4 Å². The molecule has 2 atom stereocenters. The van der Waals surface area contributed by atoms with E-state index in [4.69, 9.17) is 4.74 Å². The van der Waals surface area contributed by atoms with Crippen LogP contribution in [-0.4, -0.2) is 38.3 Å². The number of nitrogens with one attached hydrogen (secondary N) is 2. The molecule has 0 saturated carbocycles. The third-order valence-corrected chi connectivity index (χ3v) is 3.17. The second kappa shape index (κ2) is 6.08. The molecule has 104 valence electrons. The maximum atomic E-state index is 13.4. The molecule has 0 bridgehead atoms. The van der Waals surface area contributed by atoms with Crippen molar-refractivity contribution >= 4 is 5.91 Å². The third kappa shape index (κ3) is 3.48. The highest BCUT2D eigenvalue weighted by molar-refractivity contribution is 5.79. The number of carbonyl (C=O) groups is 1. The summed E-state index contributed by atoms with van der Waals surface area (Å²) in [5, 5.41) is 5.88. The normalized spacial score (nSPS) is 22.5. The smallest absolute Gasteiger partial charge is 0.224 e. The van der Waals surface area contributed by atoms with Gasteiger partial charge in [-0.25, -0.2) is 8.78 Å². The summed E-state index contributed by atoms with van der Waals surface area (Å²) in [4.78, 5) is 11.8. The van der Waals surface area contributed by atoms with Gasteiger partial charge in [-0.1, -0.05) is 6.07 Å². The number of rotatable bonds is 4. The van der Waals surface area contributed by atoms with Crippen molar-refractivity contribution in [3.63, 3.8) is 0 Å². The van der Waals surface area contributed by atoms with Crippen LogP contribution in [0.1, 0.15) is 5.56 Å². The maximum absolute atomic E-state index is 13.4. The van der Waals surface area contributed by atoms with Crippen molar-refractivity contribution in [3.8, 4) is 0 Å². The zero-order chi connectivity index (χ0) is 13.8. The van der Waals surface area contributed by atoms with Gasteiger partial charge in [0.15, 0.2) is 0 Å². The van der Waals surface area contributed by atoms with Gasteiger partial charge in [0.05, 0.1) is 18.6 Å². The monoisotopic (exact) mass is 270 g/mol. The van der Waals surface area contributed by atoms with Crippen LogP contribution in [0, 0.1) is 11.6 Å². The molecule has 6 heteroatoms. The number of carbonyl (C=O) groups excluding carboxylic acids is 1. The molecule has 1 aliphatic heterocycles. The first-order valence-electron chi connectivity index (χ1n) is 6.07. The zero-order valence-electron chi connectivity index (χ0n) is 10.6. The summed E-state index contributed by atoms with van der Waals surface area (Å²) in [7, 11) is 1.58. The van der Waals surface area contributed by atoms with Crippen LogP contribution in [0.2, 0.25) is 0 Å². The standard InChI is InChI=1S/C13H16F2N2O2/c1-19-12-7-16-6-11(12)17-13(18)4-8-2-3-9(14)5-10(8)15/h2-3,5,11-12,16H,4,6-7H2,1H3,(H,17,18). The highest BCUT2D eigenvalue weighted by Crippen LogP contribution is 2.11. The molecule has 2 unspecified atom stereocenters. The van der Waals surface area contributed by atoms with Crippen molar-refractivity contribution in [2.45, 2.75) is 18.6 Å². The molecule has 0 spiro atoms. The van der Waals surface area contributed by atoms with Crippen molar-refractivity contribution < 1.29 is 18.3 Å². The minimum absolute atomic E-state index is 0.0815. The fourth-order valence-corrected chi connectivity index (χ4v) is 2.14. The zero-order valence-corrected chi connectivity index (χ0v) is 10.6. The predicted octanol–water partition coefficient (Wildman–Crippen LogP) is 0.610. The molecule has 1 heterocycles. The lowest BCUT2D eigenvalue weighted by Gasteiger charge is -2.18. The van der Waals surface area contributed by atoms with E-state index in [0.29, 0.717) is 13.1 Å². The van der Waals surface area contributed by atoms with Crippen LogP contribution in [0.4, 0.5) is 8.78 Å². The molecule has 0 aromatic heterocycles. The van der Waals surface area contributed by atoms with Crippen LogP contribution < -0.4 is 10.6 Å². The molecular formula is C13H16F2N2O2. The van der Waals surface area contributed by atoms with Gasteiger partial charge in [0.25, 0.3) is 0 Å². The number of methoxy groups -OCH3 is 1. The molecule has 0 radical (unpaired) electrons. The van der Waals surface area contributed by atoms with Crippen molar-refractivity contribution in [2.75, 3.05) is 20.2 Å². The Balaban J connectivity index is 1.94. The van der Waals surface area contributed by atoms with Gasteiger partial charge in [-0.3, -0.25) is 4.79 Å². The number of hydrogen-bond donors (Lipinski definition) is 2. The summed E-state index contributed by atoms with van der Waals surface area (Å²) in [5.41, 5.74) is 0.179. The van der Waals surface area contributed by atoms with E-state index in [9.17, 15) is 13.6 Å². The fraction of sp³-hybridized carbons (Fsp3) is 0.462. The van der Waals surface area contributed by atoms with Crippen LogP contribution in [0.5, 0.6) is 0 Å². The molecule has 1 amide bonds. The van der Waals surface area contributed by atoms with Gasteiger partial charge in [-0.05, 0) is 11.6 Å². The Labute approximate surface area is 110 Å². The first kappa shape index (κ1) is 13.9. The SMILES string of the molecule is COC1CNCC1NC(=O)Cc1ccc(F)cc1F. The van der Waals surface area contributed by atoms with Crippen LogP contribution in [0.15, 0.2) is 18.2 Å². The van der Waals surface area contributed by atoms with Gasteiger partial charge in [-0.2, -0.15) is 0 Å². The Morgan fingerprint density at radius 3 is 2.95 bits per heavy atom. The molecule has 1 fully saturated rings. The van der Waals surface area contributed by atoms with Crippen LogP contribution in [-0.2, 0) is 16.0 Å². The Bertz CT molecular complexity index is 468. The lowest BCUT2D eigenvalue weighted by Crippen LogP contribution is -2.44. The van der Waals surface area contributed by atoms with Gasteiger partial charge in [0, 0.05) is 26.3 Å². The van der Waals surface area contributed by atoms with Gasteiger partial charge in [0.1, 0.15) is 11.6 Å². The van der Waals surface area contributed by atoms with E-state index in [-0.39, 0.29) is 30.0 Å². The van der Waals surface area contributed by atoms with E-state index in [2.05, 4.69) is 10.6 Å². The number of hydrogen-bond acceptors (Lipinski definition) is 3. The number of benzene rings is 1. The summed E-state index contributed by atoms with van der Waals surface area (Å²) in [6, 6.07) is 3.07. The van der Waals surface area contributed by atoms with E-state index in [0.717, 1.165) is 12.1 Å². The second-order valence-electron chi connectivity index (χ2n) is 4.52. The molecule has 2 N–H and O–H groups in total. The molecule has 4 nitrogen and oxygen atoms in total. The molecule has 0 aliphatic carbocycles. The largest absolute Gasteiger partial charge is 0.378 e. The molecule has 2 rings (SSSR count). The Kier molecular flexibility index (Phi) is 4.44. The summed E-state index contributed by atoms with van der Waals surface area (Å²) in [6.07, 6.45) is -0.194. The summed E-state index contributed by atoms with van der Waals surface area (Å²) >= 11 is 0. The van der Waals surface area contributed by atoms with Crippen molar-refractivity contribution in [1.82, 2.24) is 10.6 Å². The Morgan fingerprint density at radius 1 is 1.47 bits per heavy atom. The van der Waals surface area contributed by atoms with E-state index < -0.39 is 11.6 Å². The van der Waals surface area contributed by atoms with Gasteiger partial charge < -0.3 is 15.4 Å². The van der Waals surface area contributed by atoms with E-state index in [1.54, 1.807) is 7.11 Å². The van der Waals surface area contributed by atoms with Crippen LogP contribution in [0.25, 0.3) is 0 Å². The van der Waals surface area contributed by atoms with E-state index >= 15 is 0 Å². The number of halogens is 2. The first-order valence-corrected chi connectivity index (χ1v) is 6.07. The lowest BCUT2D eigenvalue weighted by molar-refractivity contribution is -0.121. The Morgan fingerprint density at radius 2 is 2.26 bits per heavy atom. The van der Waals surface area contributed by atoms with E-state index in [1.807, 2.05) is 0 Å². The highest BCUT2D eigenvalue weighted by atomic mass is 19.1. The van der Waals surface area contributed by atoms with Crippen LogP contribution >= 0.6 is 0 Å². The highest BCUT2D eigenvalue weighted by Gasteiger charge is 2.28. The van der Waals surface area contributed by atoms with Gasteiger partial charge in [-0.15, -0.1) is 0 Å². The second-order valence-corrected chi connectivity index (χ2v) is 4.52. The van der Waals surface area contributed by atoms with Crippen LogP contribution in [0.3, 0.4) is 0 Å². The summed E-state index contributed by atoms with van der Waals surface area (Å²) < 4.78 is 31.4. The number of amides is 1. The summed E-state index contributed by atoms with van der Waals surface area (Å²) in [5.74, 6) is -1.66. The molecule has 1 aromatic carbocycles. The van der Waals surface area contributed by atoms with Crippen molar-refractivity contribution in [1.29, 1.82) is 0 Å². The maximum Gasteiger partial charge on any atom is 0.224 e. The number of ether oxygens (including phenoxy) is 1. The van der Waals surface area contributed by atoms with E-state index in [1.165, 1.54) is 6.07 Å². The minimum Gasteiger partial charge on any atom is -0.378 e. The van der Waals surface area contributed by atoms with Crippen molar-refractivity contribution in [3.05, 3.63) is 35.4 Å². The fourth-order valence-electron chi connectivity index (χ4n) is 2.14. The molecule has 1 saturated heterocycles.